The van der Waals surface area contributed by atoms with Crippen molar-refractivity contribution in [2.24, 2.45) is 0 Å². The number of anilines is 1. The van der Waals surface area contributed by atoms with Crippen LogP contribution in [-0.4, -0.2) is 37.1 Å². The minimum absolute atomic E-state index is 0.0379. The Balaban J connectivity index is 1.96. The fraction of sp³-hybridized carbons (Fsp3) is 0.214. The van der Waals surface area contributed by atoms with E-state index in [4.69, 9.17) is 14.2 Å². The monoisotopic (exact) mass is 473 g/mol. The number of carbonyl (C=O) groups is 2. The van der Waals surface area contributed by atoms with Gasteiger partial charge in [-0.25, -0.2) is 0 Å². The third-order valence-electron chi connectivity index (χ3n) is 5.68. The zero-order valence-corrected chi connectivity index (χ0v) is 20.0. The number of amides is 1. The molecule has 1 fully saturated rings. The maximum absolute atomic E-state index is 13.4. The molecule has 0 saturated carbocycles. The van der Waals surface area contributed by atoms with Crippen LogP contribution in [0.3, 0.4) is 0 Å². The van der Waals surface area contributed by atoms with Crippen LogP contribution in [0, 0.1) is 0 Å². The number of benzene rings is 3. The summed E-state index contributed by atoms with van der Waals surface area (Å²) in [7, 11) is 3.00. The van der Waals surface area contributed by atoms with E-state index in [1.54, 1.807) is 72.8 Å². The molecular weight excluding hydrogens is 446 g/mol. The van der Waals surface area contributed by atoms with E-state index in [2.05, 4.69) is 0 Å². The van der Waals surface area contributed by atoms with Crippen LogP contribution in [0.5, 0.6) is 17.2 Å². The molecule has 0 spiro atoms. The first kappa shape index (κ1) is 23.9. The highest BCUT2D eigenvalue weighted by Crippen LogP contribution is 2.44. The zero-order chi connectivity index (χ0) is 25.1. The summed E-state index contributed by atoms with van der Waals surface area (Å²) >= 11 is 0. The molecule has 1 heterocycles. The standard InChI is InChI=1S/C28H27NO6/c1-17(2)35-21-12-7-9-18(15-21)25-24(26(30)22-13-5-6-14-23(22)34-4)27(31)28(32)29(25)19-10-8-11-20(16-19)33-3/h5-17,25,30H,1-4H3/b26-24+. The van der Waals surface area contributed by atoms with Crippen molar-refractivity contribution in [3.63, 3.8) is 0 Å². The van der Waals surface area contributed by atoms with Crippen LogP contribution >= 0.6 is 0 Å². The Labute approximate surface area is 204 Å². The maximum Gasteiger partial charge on any atom is 0.300 e. The highest BCUT2D eigenvalue weighted by atomic mass is 16.5. The van der Waals surface area contributed by atoms with Gasteiger partial charge in [-0.05, 0) is 55.8 Å². The molecule has 1 aliphatic rings. The SMILES string of the molecule is COc1cccc(N2C(=O)C(=O)/C(=C(/O)c3ccccc3OC)C2c2cccc(OC(C)C)c2)c1. The molecule has 1 N–H and O–H groups in total. The summed E-state index contributed by atoms with van der Waals surface area (Å²) in [5.74, 6) is -0.360. The quantitative estimate of drug-likeness (QED) is 0.291. The van der Waals surface area contributed by atoms with Gasteiger partial charge in [0, 0.05) is 11.8 Å². The van der Waals surface area contributed by atoms with Crippen molar-refractivity contribution in [2.75, 3.05) is 19.1 Å². The molecule has 7 heteroatoms. The van der Waals surface area contributed by atoms with E-state index in [-0.39, 0.29) is 17.4 Å². The topological polar surface area (TPSA) is 85.3 Å². The number of ketones is 1. The number of rotatable bonds is 7. The summed E-state index contributed by atoms with van der Waals surface area (Å²) in [6, 6.07) is 20.0. The molecular formula is C28H27NO6. The number of aliphatic hydroxyl groups excluding tert-OH is 1. The third-order valence-corrected chi connectivity index (χ3v) is 5.68. The Morgan fingerprint density at radius 2 is 1.60 bits per heavy atom. The van der Waals surface area contributed by atoms with Gasteiger partial charge in [-0.15, -0.1) is 0 Å². The van der Waals surface area contributed by atoms with Gasteiger partial charge in [-0.1, -0.05) is 30.3 Å². The first-order valence-corrected chi connectivity index (χ1v) is 11.2. The Hall–Kier alpha value is -4.26. The summed E-state index contributed by atoms with van der Waals surface area (Å²) in [6.07, 6.45) is -0.0661. The second-order valence-corrected chi connectivity index (χ2v) is 8.31. The van der Waals surface area contributed by atoms with E-state index >= 15 is 0 Å². The van der Waals surface area contributed by atoms with E-state index in [0.29, 0.717) is 34.1 Å². The average molecular weight is 474 g/mol. The first-order chi connectivity index (χ1) is 16.8. The number of carbonyl (C=O) groups excluding carboxylic acids is 2. The summed E-state index contributed by atoms with van der Waals surface area (Å²) < 4.78 is 16.6. The van der Waals surface area contributed by atoms with Gasteiger partial charge in [0.25, 0.3) is 11.7 Å². The number of aliphatic hydroxyl groups is 1. The zero-order valence-electron chi connectivity index (χ0n) is 20.0. The normalized spacial score (nSPS) is 17.1. The van der Waals surface area contributed by atoms with Crippen molar-refractivity contribution >= 4 is 23.1 Å². The molecule has 0 radical (unpaired) electrons. The molecule has 0 bridgehead atoms. The predicted molar refractivity (Wildman–Crippen MR) is 133 cm³/mol. The van der Waals surface area contributed by atoms with Crippen LogP contribution in [0.15, 0.2) is 78.4 Å². The molecule has 180 valence electrons. The minimum Gasteiger partial charge on any atom is -0.507 e. The van der Waals surface area contributed by atoms with Gasteiger partial charge in [0.15, 0.2) is 0 Å². The van der Waals surface area contributed by atoms with Crippen LogP contribution in [0.4, 0.5) is 5.69 Å². The molecule has 0 aromatic heterocycles. The van der Waals surface area contributed by atoms with Gasteiger partial charge >= 0.3 is 0 Å². The summed E-state index contributed by atoms with van der Waals surface area (Å²) in [5.41, 5.74) is 1.36. The van der Waals surface area contributed by atoms with Crippen molar-refractivity contribution in [3.8, 4) is 17.2 Å². The summed E-state index contributed by atoms with van der Waals surface area (Å²) in [6.45, 7) is 3.83. The molecule has 1 unspecified atom stereocenters. The fourth-order valence-electron chi connectivity index (χ4n) is 4.19. The van der Waals surface area contributed by atoms with Crippen LogP contribution in [0.2, 0.25) is 0 Å². The van der Waals surface area contributed by atoms with Gasteiger partial charge in [-0.2, -0.15) is 0 Å². The van der Waals surface area contributed by atoms with Crippen molar-refractivity contribution in [1.82, 2.24) is 0 Å². The largest absolute Gasteiger partial charge is 0.507 e. The van der Waals surface area contributed by atoms with Gasteiger partial charge in [0.05, 0.1) is 37.5 Å². The Bertz CT molecular complexity index is 1300. The lowest BCUT2D eigenvalue weighted by molar-refractivity contribution is -0.132. The minimum atomic E-state index is -0.900. The maximum atomic E-state index is 13.4. The first-order valence-electron chi connectivity index (χ1n) is 11.2. The van der Waals surface area contributed by atoms with Gasteiger partial charge in [-0.3, -0.25) is 14.5 Å². The van der Waals surface area contributed by atoms with Crippen LogP contribution in [0.25, 0.3) is 5.76 Å². The molecule has 35 heavy (non-hydrogen) atoms. The third kappa shape index (κ3) is 4.57. The molecule has 1 aliphatic heterocycles. The Morgan fingerprint density at radius 3 is 2.31 bits per heavy atom. The second-order valence-electron chi connectivity index (χ2n) is 8.31. The van der Waals surface area contributed by atoms with Gasteiger partial charge in [0.2, 0.25) is 0 Å². The van der Waals surface area contributed by atoms with E-state index in [1.165, 1.54) is 19.1 Å². The van der Waals surface area contributed by atoms with E-state index < -0.39 is 17.7 Å². The van der Waals surface area contributed by atoms with Crippen LogP contribution in [-0.2, 0) is 9.59 Å². The Kier molecular flexibility index (Phi) is 6.78. The Morgan fingerprint density at radius 1 is 0.886 bits per heavy atom. The average Bonchev–Trinajstić information content (AvgIpc) is 3.13. The number of Topliss-reactive ketones (excluding diaryl/α,β-unsaturated/α-hetero) is 1. The summed E-state index contributed by atoms with van der Waals surface area (Å²) in [4.78, 5) is 28.1. The lowest BCUT2D eigenvalue weighted by atomic mass is 9.94. The molecule has 7 nitrogen and oxygen atoms in total. The van der Waals surface area contributed by atoms with Gasteiger partial charge < -0.3 is 19.3 Å². The second kappa shape index (κ2) is 9.93. The van der Waals surface area contributed by atoms with Crippen LogP contribution in [0.1, 0.15) is 31.0 Å². The van der Waals surface area contributed by atoms with Crippen molar-refractivity contribution in [3.05, 3.63) is 89.5 Å². The lowest BCUT2D eigenvalue weighted by Gasteiger charge is -2.26. The number of hydrogen-bond donors (Lipinski definition) is 1. The smallest absolute Gasteiger partial charge is 0.300 e. The highest BCUT2D eigenvalue weighted by Gasteiger charge is 2.47. The molecule has 1 saturated heterocycles. The van der Waals surface area contributed by atoms with Crippen LogP contribution < -0.4 is 19.1 Å². The lowest BCUT2D eigenvalue weighted by Crippen LogP contribution is -2.29. The van der Waals surface area contributed by atoms with Crippen molar-refractivity contribution in [1.29, 1.82) is 0 Å². The predicted octanol–water partition coefficient (Wildman–Crippen LogP) is 5.12. The van der Waals surface area contributed by atoms with Gasteiger partial charge in [0.1, 0.15) is 23.0 Å². The number of methoxy groups -OCH3 is 2. The van der Waals surface area contributed by atoms with Crippen molar-refractivity contribution < 1.29 is 28.9 Å². The fourth-order valence-corrected chi connectivity index (χ4v) is 4.19. The highest BCUT2D eigenvalue weighted by molar-refractivity contribution is 6.51. The van der Waals surface area contributed by atoms with Crippen molar-refractivity contribution in [2.45, 2.75) is 26.0 Å². The molecule has 3 aromatic carbocycles. The summed E-state index contributed by atoms with van der Waals surface area (Å²) in [5, 5.41) is 11.4. The van der Waals surface area contributed by atoms with E-state index in [1.807, 2.05) is 13.8 Å². The molecule has 1 amide bonds. The number of para-hydroxylation sites is 1. The molecule has 3 aromatic rings. The molecule has 0 aliphatic carbocycles. The number of nitrogens with zero attached hydrogens (tertiary/aromatic N) is 1. The number of ether oxygens (including phenoxy) is 3. The van der Waals surface area contributed by atoms with E-state index in [0.717, 1.165) is 0 Å². The van der Waals surface area contributed by atoms with E-state index in [9.17, 15) is 14.7 Å². The molecule has 4 rings (SSSR count). The molecule has 1 atom stereocenters. The number of hydrogen-bond acceptors (Lipinski definition) is 6.